The van der Waals surface area contributed by atoms with Gasteiger partial charge in [-0.15, -0.1) is 0 Å². The number of hydrogen-bond donors (Lipinski definition) is 2. The Labute approximate surface area is 78.0 Å². The second kappa shape index (κ2) is 3.39. The molecule has 0 aromatic heterocycles. The first-order valence-corrected chi connectivity index (χ1v) is 3.69. The summed E-state index contributed by atoms with van der Waals surface area (Å²) in [6, 6.07) is 10.3. The molecule has 0 amide bonds. The van der Waals surface area contributed by atoms with Crippen molar-refractivity contribution in [3.63, 3.8) is 0 Å². The number of aromatic hydroxyl groups is 2. The average molecular weight is 174 g/mol. The van der Waals surface area contributed by atoms with E-state index < -0.39 is 0 Å². The van der Waals surface area contributed by atoms with E-state index in [2.05, 4.69) is 0 Å². The molecule has 2 rings (SSSR count). The van der Waals surface area contributed by atoms with Gasteiger partial charge in [-0.2, -0.15) is 0 Å². The summed E-state index contributed by atoms with van der Waals surface area (Å²) < 4.78 is 0. The molecule has 0 fully saturated rings. The Morgan fingerprint density at radius 3 is 1.62 bits per heavy atom. The smallest absolute Gasteiger partial charge is 0.127 e. The highest BCUT2D eigenvalue weighted by Gasteiger charge is 2.02. The van der Waals surface area contributed by atoms with Crippen molar-refractivity contribution in [3.05, 3.63) is 36.4 Å². The van der Waals surface area contributed by atoms with Crippen molar-refractivity contribution in [2.75, 3.05) is 0 Å². The van der Waals surface area contributed by atoms with Crippen molar-refractivity contribution < 1.29 is 10.2 Å². The molecule has 3 heteroatoms. The van der Waals surface area contributed by atoms with Crippen LogP contribution in [0.3, 0.4) is 0 Å². The highest BCUT2D eigenvalue weighted by Crippen LogP contribution is 2.31. The summed E-state index contributed by atoms with van der Waals surface area (Å²) >= 11 is 0. The zero-order chi connectivity index (χ0) is 8.55. The monoisotopic (exact) mass is 174 g/mol. The average Bonchev–Trinajstić information content (AvgIpc) is 2.04. The maximum atomic E-state index is 9.39. The molecule has 0 spiro atoms. The van der Waals surface area contributed by atoms with Crippen LogP contribution in [-0.2, 0) is 0 Å². The quantitative estimate of drug-likeness (QED) is 0.586. The Hall–Kier alpha value is -1.64. The third-order valence-electron chi connectivity index (χ3n) is 1.86. The van der Waals surface area contributed by atoms with Gasteiger partial charge in [0.1, 0.15) is 11.5 Å². The zero-order valence-electron chi connectivity index (χ0n) is 6.36. The van der Waals surface area contributed by atoms with Crippen molar-refractivity contribution in [1.82, 2.24) is 0 Å². The molecule has 2 aromatic rings. The van der Waals surface area contributed by atoms with Gasteiger partial charge >= 0.3 is 0 Å². The predicted octanol–water partition coefficient (Wildman–Crippen LogP) is 1.07. The number of phenols is 2. The van der Waals surface area contributed by atoms with Gasteiger partial charge in [-0.25, -0.2) is 0 Å². The molecule has 2 N–H and O–H groups in total. The van der Waals surface area contributed by atoms with Gasteiger partial charge in [0.05, 0.1) is 13.8 Å². The van der Waals surface area contributed by atoms with Gasteiger partial charge in [0.2, 0.25) is 0 Å². The number of phenolic OH excluding ortho intramolecular Hbond substituents is 2. The second-order valence-corrected chi connectivity index (χ2v) is 2.65. The lowest BCUT2D eigenvalue weighted by Crippen LogP contribution is -1.73. The van der Waals surface area contributed by atoms with Crippen LogP contribution in [0.5, 0.6) is 11.5 Å². The molecule has 66 valence electrons. The van der Waals surface area contributed by atoms with Crippen LogP contribution in [0.1, 0.15) is 0 Å². The van der Waals surface area contributed by atoms with Crippen LogP contribution < -0.4 is 0 Å². The number of benzene rings is 2. The first-order valence-electron chi connectivity index (χ1n) is 3.69. The van der Waals surface area contributed by atoms with E-state index in [1.165, 1.54) is 0 Å². The molecule has 2 nitrogen and oxygen atoms in total. The SMILES string of the molecule is B.Oc1cccc2cccc(O)c12. The van der Waals surface area contributed by atoms with Crippen molar-refractivity contribution in [2.24, 2.45) is 0 Å². The highest BCUT2D eigenvalue weighted by atomic mass is 16.3. The molecule has 0 heterocycles. The van der Waals surface area contributed by atoms with Crippen LogP contribution in [0.25, 0.3) is 10.8 Å². The topological polar surface area (TPSA) is 40.5 Å². The molecule has 0 aliphatic carbocycles. The third-order valence-corrected chi connectivity index (χ3v) is 1.86. The minimum atomic E-state index is 0. The summed E-state index contributed by atoms with van der Waals surface area (Å²) in [6.45, 7) is 0. The molecule has 0 atom stereocenters. The van der Waals surface area contributed by atoms with Gasteiger partial charge < -0.3 is 10.2 Å². The molecule has 0 unspecified atom stereocenters. The van der Waals surface area contributed by atoms with Crippen LogP contribution in [0.2, 0.25) is 0 Å². The molecule has 13 heavy (non-hydrogen) atoms. The van der Waals surface area contributed by atoms with E-state index in [0.717, 1.165) is 5.39 Å². The molecule has 0 aliphatic heterocycles. The minimum absolute atomic E-state index is 0. The third kappa shape index (κ3) is 1.45. The van der Waals surface area contributed by atoms with E-state index in [1.807, 2.05) is 12.1 Å². The lowest BCUT2D eigenvalue weighted by Gasteiger charge is -2.01. The standard InChI is InChI=1S/C10H8O2.BH3/c11-8-5-1-3-7-4-2-6-9(12)10(7)8;/h1-6,11-12H;1H3. The predicted molar refractivity (Wildman–Crippen MR) is 57.2 cm³/mol. The summed E-state index contributed by atoms with van der Waals surface area (Å²) in [4.78, 5) is 0. The van der Waals surface area contributed by atoms with Crippen molar-refractivity contribution >= 4 is 19.2 Å². The first kappa shape index (κ1) is 9.45. The summed E-state index contributed by atoms with van der Waals surface area (Å²) in [7, 11) is 0. The lowest BCUT2D eigenvalue weighted by molar-refractivity contribution is 0.464. The van der Waals surface area contributed by atoms with Gasteiger partial charge in [0.15, 0.2) is 0 Å². The fourth-order valence-electron chi connectivity index (χ4n) is 1.30. The lowest BCUT2D eigenvalue weighted by atomic mass is 10.1. The normalized spacial score (nSPS) is 9.54. The number of rotatable bonds is 0. The van der Waals surface area contributed by atoms with Crippen LogP contribution in [0.4, 0.5) is 0 Å². The maximum Gasteiger partial charge on any atom is 0.127 e. The Bertz CT molecular complexity index is 389. The van der Waals surface area contributed by atoms with Crippen LogP contribution in [0, 0.1) is 0 Å². The highest BCUT2D eigenvalue weighted by molar-refractivity contribution is 5.93. The van der Waals surface area contributed by atoms with Crippen LogP contribution in [0.15, 0.2) is 36.4 Å². The molecule has 0 bridgehead atoms. The van der Waals surface area contributed by atoms with E-state index in [0.29, 0.717) is 5.39 Å². The van der Waals surface area contributed by atoms with E-state index >= 15 is 0 Å². The van der Waals surface area contributed by atoms with E-state index in [-0.39, 0.29) is 19.9 Å². The van der Waals surface area contributed by atoms with Gasteiger partial charge in [-0.1, -0.05) is 24.3 Å². The Kier molecular flexibility index (Phi) is 2.47. The Morgan fingerprint density at radius 2 is 1.23 bits per heavy atom. The fraction of sp³-hybridized carbons (Fsp3) is 0. The van der Waals surface area contributed by atoms with Crippen molar-refractivity contribution in [3.8, 4) is 11.5 Å². The van der Waals surface area contributed by atoms with Crippen LogP contribution in [-0.4, -0.2) is 18.6 Å². The first-order chi connectivity index (χ1) is 5.79. The van der Waals surface area contributed by atoms with Gasteiger partial charge in [-0.3, -0.25) is 0 Å². The van der Waals surface area contributed by atoms with Gasteiger partial charge in [0.25, 0.3) is 0 Å². The van der Waals surface area contributed by atoms with E-state index in [1.54, 1.807) is 24.3 Å². The second-order valence-electron chi connectivity index (χ2n) is 2.65. The molecule has 2 aromatic carbocycles. The minimum Gasteiger partial charge on any atom is -0.507 e. The molecule has 0 radical (unpaired) electrons. The largest absolute Gasteiger partial charge is 0.507 e. The van der Waals surface area contributed by atoms with E-state index in [4.69, 9.17) is 0 Å². The summed E-state index contributed by atoms with van der Waals surface area (Å²) in [5.41, 5.74) is 0. The van der Waals surface area contributed by atoms with Crippen LogP contribution >= 0.6 is 0 Å². The van der Waals surface area contributed by atoms with Crippen molar-refractivity contribution in [1.29, 1.82) is 0 Å². The number of fused-ring (bicyclic) bond motifs is 1. The van der Waals surface area contributed by atoms with Crippen molar-refractivity contribution in [2.45, 2.75) is 0 Å². The molecular weight excluding hydrogens is 163 g/mol. The summed E-state index contributed by atoms with van der Waals surface area (Å²) in [5.74, 6) is 0.233. The van der Waals surface area contributed by atoms with Gasteiger partial charge in [-0.05, 0) is 17.5 Å². The molecule has 0 aliphatic rings. The Morgan fingerprint density at radius 1 is 0.769 bits per heavy atom. The fourth-order valence-corrected chi connectivity index (χ4v) is 1.30. The van der Waals surface area contributed by atoms with Gasteiger partial charge in [0, 0.05) is 0 Å². The summed E-state index contributed by atoms with van der Waals surface area (Å²) in [5, 5.41) is 20.1. The Balaban J connectivity index is 0.000000845. The molecular formula is C10H11BO2. The molecule has 0 saturated carbocycles. The summed E-state index contributed by atoms with van der Waals surface area (Å²) in [6.07, 6.45) is 0. The van der Waals surface area contributed by atoms with E-state index in [9.17, 15) is 10.2 Å². The number of hydrogen-bond acceptors (Lipinski definition) is 2. The molecule has 0 saturated heterocycles. The maximum absolute atomic E-state index is 9.39. The zero-order valence-corrected chi connectivity index (χ0v) is 6.36.